The molecule has 0 radical (unpaired) electrons. The first kappa shape index (κ1) is 17.0. The Hall–Kier alpha value is -1.36. The molecule has 1 fully saturated rings. The minimum Gasteiger partial charge on any atom is -0.478 e. The highest BCUT2D eigenvalue weighted by Crippen LogP contribution is 2.15. The van der Waals surface area contributed by atoms with Crippen LogP contribution in [0.5, 0.6) is 5.88 Å². The maximum Gasteiger partial charge on any atom is 0.218 e. The second kappa shape index (κ2) is 9.62. The normalized spacial score (nSPS) is 15.2. The van der Waals surface area contributed by atoms with Crippen LogP contribution < -0.4 is 10.1 Å². The molecule has 1 saturated heterocycles. The second-order valence-corrected chi connectivity index (χ2v) is 5.87. The average Bonchev–Trinajstić information content (AvgIpc) is 3.01. The Balaban J connectivity index is 1.75. The van der Waals surface area contributed by atoms with E-state index in [1.807, 2.05) is 13.0 Å². The van der Waals surface area contributed by atoms with Crippen molar-refractivity contribution in [2.24, 2.45) is 0 Å². The Morgan fingerprint density at radius 3 is 2.73 bits per heavy atom. The summed E-state index contributed by atoms with van der Waals surface area (Å²) in [4.78, 5) is 11.6. The van der Waals surface area contributed by atoms with Gasteiger partial charge in [-0.15, -0.1) is 0 Å². The molecule has 0 aliphatic carbocycles. The summed E-state index contributed by atoms with van der Waals surface area (Å²) in [5.41, 5.74) is 0. The van der Waals surface area contributed by atoms with Crippen LogP contribution in [0.15, 0.2) is 6.07 Å². The van der Waals surface area contributed by atoms with Crippen molar-refractivity contribution in [3.63, 3.8) is 0 Å². The van der Waals surface area contributed by atoms with Crippen molar-refractivity contribution in [2.45, 2.75) is 52.4 Å². The molecule has 1 N–H and O–H groups in total. The number of hydrogen-bond donors (Lipinski definition) is 1. The number of hydrogen-bond acceptors (Lipinski definition) is 5. The number of aryl methyl sites for hydroxylation is 1. The second-order valence-electron chi connectivity index (χ2n) is 5.87. The van der Waals surface area contributed by atoms with E-state index >= 15 is 0 Å². The quantitative estimate of drug-likeness (QED) is 0.673. The van der Waals surface area contributed by atoms with E-state index in [1.165, 1.54) is 45.3 Å². The molecule has 0 atom stereocenters. The van der Waals surface area contributed by atoms with Crippen molar-refractivity contribution >= 4 is 5.82 Å². The van der Waals surface area contributed by atoms with Gasteiger partial charge in [0.2, 0.25) is 5.88 Å². The van der Waals surface area contributed by atoms with Gasteiger partial charge < -0.3 is 15.0 Å². The van der Waals surface area contributed by atoms with Crippen LogP contribution in [0.1, 0.15) is 51.8 Å². The molecule has 1 aromatic rings. The zero-order valence-electron chi connectivity index (χ0n) is 14.1. The third kappa shape index (κ3) is 5.79. The van der Waals surface area contributed by atoms with Crippen molar-refractivity contribution in [1.82, 2.24) is 14.9 Å². The van der Waals surface area contributed by atoms with Gasteiger partial charge in [-0.1, -0.05) is 6.92 Å². The van der Waals surface area contributed by atoms with Crippen LogP contribution in [0.2, 0.25) is 0 Å². The lowest BCUT2D eigenvalue weighted by molar-refractivity contribution is 0.325. The zero-order chi connectivity index (χ0) is 15.6. The number of unbranched alkanes of at least 4 members (excludes halogenated alkanes) is 1. The molecule has 5 heteroatoms. The van der Waals surface area contributed by atoms with E-state index in [4.69, 9.17) is 4.74 Å². The molecule has 22 heavy (non-hydrogen) atoms. The van der Waals surface area contributed by atoms with Gasteiger partial charge in [-0.3, -0.25) is 0 Å². The van der Waals surface area contributed by atoms with Crippen molar-refractivity contribution in [3.8, 4) is 5.88 Å². The molecule has 5 nitrogen and oxygen atoms in total. The Bertz CT molecular complexity index is 408. The van der Waals surface area contributed by atoms with Crippen molar-refractivity contribution in [3.05, 3.63) is 11.9 Å². The minimum absolute atomic E-state index is 0.637. The zero-order valence-corrected chi connectivity index (χ0v) is 14.1. The number of likely N-dealkylation sites (tertiary alicyclic amines) is 1. The molecule has 124 valence electrons. The van der Waals surface area contributed by atoms with E-state index in [0.717, 1.165) is 31.0 Å². The fourth-order valence-electron chi connectivity index (χ4n) is 2.80. The third-order valence-corrected chi connectivity index (χ3v) is 3.92. The summed E-state index contributed by atoms with van der Waals surface area (Å²) in [5, 5.41) is 3.42. The lowest BCUT2D eigenvalue weighted by atomic mass is 10.3. The molecule has 0 unspecified atom stereocenters. The van der Waals surface area contributed by atoms with Gasteiger partial charge in [0.15, 0.2) is 0 Å². The first-order valence-electron chi connectivity index (χ1n) is 8.78. The molecule has 1 aliphatic heterocycles. The molecular weight excluding hydrogens is 276 g/mol. The van der Waals surface area contributed by atoms with Crippen LogP contribution in [-0.4, -0.2) is 47.7 Å². The largest absolute Gasteiger partial charge is 0.478 e. The predicted molar refractivity (Wildman–Crippen MR) is 90.6 cm³/mol. The van der Waals surface area contributed by atoms with Gasteiger partial charge >= 0.3 is 0 Å². The smallest absolute Gasteiger partial charge is 0.218 e. The maximum atomic E-state index is 5.53. The molecule has 1 aromatic heterocycles. The standard InChI is InChI=1S/C17H30N4O/c1-3-9-15-19-16(14-17(20-15)22-4-2)18-10-5-6-11-21-12-7-8-13-21/h14H,3-13H2,1-2H3,(H,18,19,20). The van der Waals surface area contributed by atoms with Gasteiger partial charge in [0.25, 0.3) is 0 Å². The van der Waals surface area contributed by atoms with E-state index in [0.29, 0.717) is 12.5 Å². The summed E-state index contributed by atoms with van der Waals surface area (Å²) in [7, 11) is 0. The number of rotatable bonds is 10. The van der Waals surface area contributed by atoms with E-state index in [2.05, 4.69) is 27.1 Å². The van der Waals surface area contributed by atoms with E-state index < -0.39 is 0 Å². The molecule has 2 heterocycles. The van der Waals surface area contributed by atoms with Crippen molar-refractivity contribution < 1.29 is 4.74 Å². The fraction of sp³-hybridized carbons (Fsp3) is 0.765. The fourth-order valence-corrected chi connectivity index (χ4v) is 2.80. The number of nitrogens with one attached hydrogen (secondary N) is 1. The van der Waals surface area contributed by atoms with Crippen LogP contribution >= 0.6 is 0 Å². The first-order valence-corrected chi connectivity index (χ1v) is 8.78. The number of nitrogens with zero attached hydrogens (tertiary/aromatic N) is 3. The minimum atomic E-state index is 0.637. The van der Waals surface area contributed by atoms with Crippen LogP contribution in [-0.2, 0) is 6.42 Å². The molecule has 0 saturated carbocycles. The highest BCUT2D eigenvalue weighted by molar-refractivity contribution is 5.38. The summed E-state index contributed by atoms with van der Waals surface area (Å²) in [6.07, 6.45) is 7.11. The van der Waals surface area contributed by atoms with E-state index in [-0.39, 0.29) is 0 Å². The van der Waals surface area contributed by atoms with Crippen molar-refractivity contribution in [1.29, 1.82) is 0 Å². The molecule has 0 amide bonds. The lowest BCUT2D eigenvalue weighted by Crippen LogP contribution is -2.21. The van der Waals surface area contributed by atoms with E-state index in [1.54, 1.807) is 0 Å². The number of ether oxygens (including phenoxy) is 1. The first-order chi connectivity index (χ1) is 10.8. The van der Waals surface area contributed by atoms with Crippen LogP contribution in [0.3, 0.4) is 0 Å². The van der Waals surface area contributed by atoms with Gasteiger partial charge in [0, 0.05) is 19.0 Å². The molecule has 0 spiro atoms. The Morgan fingerprint density at radius 1 is 1.18 bits per heavy atom. The van der Waals surface area contributed by atoms with Crippen LogP contribution in [0.25, 0.3) is 0 Å². The van der Waals surface area contributed by atoms with Crippen molar-refractivity contribution in [2.75, 3.05) is 38.1 Å². The topological polar surface area (TPSA) is 50.3 Å². The molecule has 0 bridgehead atoms. The van der Waals surface area contributed by atoms with Crippen LogP contribution in [0.4, 0.5) is 5.82 Å². The molecule has 2 rings (SSSR count). The summed E-state index contributed by atoms with van der Waals surface area (Å²) < 4.78 is 5.53. The summed E-state index contributed by atoms with van der Waals surface area (Å²) >= 11 is 0. The van der Waals surface area contributed by atoms with Gasteiger partial charge in [-0.05, 0) is 58.7 Å². The third-order valence-electron chi connectivity index (χ3n) is 3.92. The summed E-state index contributed by atoms with van der Waals surface area (Å²) in [5.74, 6) is 2.44. The number of anilines is 1. The summed E-state index contributed by atoms with van der Waals surface area (Å²) in [6, 6.07) is 1.91. The van der Waals surface area contributed by atoms with Gasteiger partial charge in [-0.2, -0.15) is 4.98 Å². The van der Waals surface area contributed by atoms with Gasteiger partial charge in [-0.25, -0.2) is 4.98 Å². The maximum absolute atomic E-state index is 5.53. The van der Waals surface area contributed by atoms with E-state index in [9.17, 15) is 0 Å². The SMILES string of the molecule is CCCc1nc(NCCCCN2CCCC2)cc(OCC)n1. The highest BCUT2D eigenvalue weighted by atomic mass is 16.5. The Morgan fingerprint density at radius 2 is 2.00 bits per heavy atom. The molecular formula is C17H30N4O. The Labute approximate surface area is 134 Å². The summed E-state index contributed by atoms with van der Waals surface area (Å²) in [6.45, 7) is 9.53. The van der Waals surface area contributed by atoms with Gasteiger partial charge in [0.1, 0.15) is 11.6 Å². The average molecular weight is 306 g/mol. The van der Waals surface area contributed by atoms with Gasteiger partial charge in [0.05, 0.1) is 6.61 Å². The molecule has 1 aliphatic rings. The Kier molecular flexibility index (Phi) is 7.43. The monoisotopic (exact) mass is 306 g/mol. The van der Waals surface area contributed by atoms with Crippen LogP contribution in [0, 0.1) is 0 Å². The number of aromatic nitrogens is 2. The lowest BCUT2D eigenvalue weighted by Gasteiger charge is -2.14. The highest BCUT2D eigenvalue weighted by Gasteiger charge is 2.10. The predicted octanol–water partition coefficient (Wildman–Crippen LogP) is 3.12. The molecule has 0 aromatic carbocycles.